The van der Waals surface area contributed by atoms with E-state index in [2.05, 4.69) is 50.3 Å². The van der Waals surface area contributed by atoms with E-state index in [-0.39, 0.29) is 0 Å². The van der Waals surface area contributed by atoms with E-state index in [1.165, 1.54) is 0 Å². The summed E-state index contributed by atoms with van der Waals surface area (Å²) in [6.45, 7) is 4.31. The number of hydrogen-bond donors (Lipinski definition) is 0. The van der Waals surface area contributed by atoms with Crippen molar-refractivity contribution in [1.82, 2.24) is 0 Å². The molecule has 0 amide bonds. The zero-order valence-corrected chi connectivity index (χ0v) is 6.62. The molecule has 0 radical (unpaired) electrons. The maximum absolute atomic E-state index is 2.24. The molecule has 0 spiro atoms. The summed E-state index contributed by atoms with van der Waals surface area (Å²) in [5, 5.41) is 0. The second-order valence-electron chi connectivity index (χ2n) is 2.73. The van der Waals surface area contributed by atoms with Crippen LogP contribution in [0.3, 0.4) is 0 Å². The minimum Gasteiger partial charge on any atom is -0.0914 e. The smallest absolute Gasteiger partial charge is 0.00130 e. The highest BCUT2D eigenvalue weighted by molar-refractivity contribution is 5.19. The van der Waals surface area contributed by atoms with Crippen LogP contribution >= 0.6 is 0 Å². The van der Waals surface area contributed by atoms with Crippen molar-refractivity contribution in [3.05, 3.63) is 36.5 Å². The molecule has 0 saturated carbocycles. The molecule has 54 valence electrons. The fourth-order valence-corrected chi connectivity index (χ4v) is 1.23. The van der Waals surface area contributed by atoms with Crippen molar-refractivity contribution < 1.29 is 0 Å². The van der Waals surface area contributed by atoms with Gasteiger partial charge in [0.25, 0.3) is 0 Å². The second kappa shape index (κ2) is 3.40. The minimum absolute atomic E-state index is 0.635. The summed E-state index contributed by atoms with van der Waals surface area (Å²) in [4.78, 5) is 0. The van der Waals surface area contributed by atoms with E-state index >= 15 is 0 Å². The van der Waals surface area contributed by atoms with Crippen LogP contribution in [-0.4, -0.2) is 0 Å². The highest BCUT2D eigenvalue weighted by Crippen LogP contribution is 2.19. The molecule has 10 heavy (non-hydrogen) atoms. The standard InChI is InChI=1S/C10H14/c1-3-6-9(2)10-7-4-5-8-10/h3-10H,1-2H3/b6-3+. The molecule has 1 aliphatic rings. The van der Waals surface area contributed by atoms with Crippen LogP contribution in [0.25, 0.3) is 0 Å². The lowest BCUT2D eigenvalue weighted by Gasteiger charge is -2.09. The molecule has 0 heteroatoms. The Morgan fingerprint density at radius 1 is 1.30 bits per heavy atom. The van der Waals surface area contributed by atoms with Gasteiger partial charge in [-0.1, -0.05) is 43.4 Å². The molecule has 0 heterocycles. The molecule has 0 aliphatic heterocycles. The molecule has 0 fully saturated rings. The molecule has 0 aromatic rings. The van der Waals surface area contributed by atoms with Gasteiger partial charge in [0.1, 0.15) is 0 Å². The van der Waals surface area contributed by atoms with Crippen molar-refractivity contribution in [2.45, 2.75) is 13.8 Å². The average Bonchev–Trinajstić information content (AvgIpc) is 2.38. The predicted octanol–water partition coefficient (Wildman–Crippen LogP) is 2.94. The Balaban J connectivity index is 2.49. The Morgan fingerprint density at radius 3 is 2.40 bits per heavy atom. The molecule has 1 unspecified atom stereocenters. The van der Waals surface area contributed by atoms with E-state index in [0.29, 0.717) is 11.8 Å². The summed E-state index contributed by atoms with van der Waals surface area (Å²) < 4.78 is 0. The predicted molar refractivity (Wildman–Crippen MR) is 45.7 cm³/mol. The van der Waals surface area contributed by atoms with E-state index in [4.69, 9.17) is 0 Å². The van der Waals surface area contributed by atoms with Crippen LogP contribution < -0.4 is 0 Å². The first-order valence-corrected chi connectivity index (χ1v) is 3.82. The summed E-state index contributed by atoms with van der Waals surface area (Å²) in [5.41, 5.74) is 0. The zero-order chi connectivity index (χ0) is 7.40. The van der Waals surface area contributed by atoms with Crippen molar-refractivity contribution in [2.24, 2.45) is 11.8 Å². The summed E-state index contributed by atoms with van der Waals surface area (Å²) in [6.07, 6.45) is 13.1. The fourth-order valence-electron chi connectivity index (χ4n) is 1.23. The van der Waals surface area contributed by atoms with Crippen LogP contribution in [-0.2, 0) is 0 Å². The highest BCUT2D eigenvalue weighted by Gasteiger charge is 2.08. The Hall–Kier alpha value is -0.780. The Kier molecular flexibility index (Phi) is 2.49. The normalized spacial score (nSPS) is 21.0. The summed E-state index contributed by atoms with van der Waals surface area (Å²) in [5.74, 6) is 1.29. The number of rotatable bonds is 2. The van der Waals surface area contributed by atoms with Gasteiger partial charge in [-0.25, -0.2) is 0 Å². The molecule has 1 aliphatic carbocycles. The lowest BCUT2D eigenvalue weighted by atomic mass is 9.95. The second-order valence-corrected chi connectivity index (χ2v) is 2.73. The van der Waals surface area contributed by atoms with Crippen LogP contribution in [0.2, 0.25) is 0 Å². The Bertz CT molecular complexity index is 160. The van der Waals surface area contributed by atoms with Gasteiger partial charge in [-0.15, -0.1) is 0 Å². The van der Waals surface area contributed by atoms with E-state index in [9.17, 15) is 0 Å². The van der Waals surface area contributed by atoms with Gasteiger partial charge in [0.2, 0.25) is 0 Å². The maximum atomic E-state index is 2.24. The van der Waals surface area contributed by atoms with Gasteiger partial charge in [-0.05, 0) is 12.8 Å². The first kappa shape index (κ1) is 7.33. The number of hydrogen-bond acceptors (Lipinski definition) is 0. The van der Waals surface area contributed by atoms with Gasteiger partial charge in [-0.3, -0.25) is 0 Å². The minimum atomic E-state index is 0.635. The van der Waals surface area contributed by atoms with Crippen LogP contribution in [0.15, 0.2) is 36.5 Å². The first-order valence-electron chi connectivity index (χ1n) is 3.82. The first-order chi connectivity index (χ1) is 4.84. The van der Waals surface area contributed by atoms with Crippen molar-refractivity contribution >= 4 is 0 Å². The fraction of sp³-hybridized carbons (Fsp3) is 0.400. The molecular weight excluding hydrogens is 120 g/mol. The topological polar surface area (TPSA) is 0 Å². The van der Waals surface area contributed by atoms with Crippen LogP contribution in [0.4, 0.5) is 0 Å². The summed E-state index contributed by atoms with van der Waals surface area (Å²) in [6, 6.07) is 0. The van der Waals surface area contributed by atoms with Gasteiger partial charge in [0.05, 0.1) is 0 Å². The van der Waals surface area contributed by atoms with Gasteiger partial charge >= 0.3 is 0 Å². The van der Waals surface area contributed by atoms with Crippen molar-refractivity contribution in [3.63, 3.8) is 0 Å². The molecule has 0 aromatic heterocycles. The van der Waals surface area contributed by atoms with E-state index < -0.39 is 0 Å². The molecule has 1 rings (SSSR count). The summed E-state index contributed by atoms with van der Waals surface area (Å²) >= 11 is 0. The van der Waals surface area contributed by atoms with Crippen molar-refractivity contribution in [2.75, 3.05) is 0 Å². The average molecular weight is 134 g/mol. The van der Waals surface area contributed by atoms with Gasteiger partial charge in [0, 0.05) is 5.92 Å². The third-order valence-corrected chi connectivity index (χ3v) is 1.88. The van der Waals surface area contributed by atoms with E-state index in [0.717, 1.165) is 0 Å². The SMILES string of the molecule is C/C=C/C(C)C1C=CC=C1. The molecule has 1 atom stereocenters. The molecule has 0 nitrogen and oxygen atoms in total. The quantitative estimate of drug-likeness (QED) is 0.509. The third-order valence-electron chi connectivity index (χ3n) is 1.88. The molecule has 0 bridgehead atoms. The van der Waals surface area contributed by atoms with Gasteiger partial charge < -0.3 is 0 Å². The lowest BCUT2D eigenvalue weighted by Crippen LogP contribution is -2.00. The Labute approximate surface area is 62.9 Å². The zero-order valence-electron chi connectivity index (χ0n) is 6.62. The molecule has 0 N–H and O–H groups in total. The van der Waals surface area contributed by atoms with Crippen molar-refractivity contribution in [1.29, 1.82) is 0 Å². The van der Waals surface area contributed by atoms with Gasteiger partial charge in [-0.2, -0.15) is 0 Å². The monoisotopic (exact) mass is 134 g/mol. The van der Waals surface area contributed by atoms with Crippen LogP contribution in [0.1, 0.15) is 13.8 Å². The van der Waals surface area contributed by atoms with E-state index in [1.54, 1.807) is 0 Å². The van der Waals surface area contributed by atoms with Gasteiger partial charge in [0.15, 0.2) is 0 Å². The van der Waals surface area contributed by atoms with E-state index in [1.807, 2.05) is 0 Å². The Morgan fingerprint density at radius 2 is 1.90 bits per heavy atom. The molecular formula is C10H14. The maximum Gasteiger partial charge on any atom is 0.00130 e. The van der Waals surface area contributed by atoms with Crippen LogP contribution in [0.5, 0.6) is 0 Å². The lowest BCUT2D eigenvalue weighted by molar-refractivity contribution is 0.617. The molecule has 0 saturated heterocycles. The number of allylic oxidation sites excluding steroid dienone is 6. The highest BCUT2D eigenvalue weighted by atomic mass is 14.1. The summed E-state index contributed by atoms with van der Waals surface area (Å²) in [7, 11) is 0. The third kappa shape index (κ3) is 1.60. The van der Waals surface area contributed by atoms with Crippen LogP contribution in [0, 0.1) is 11.8 Å². The molecule has 0 aromatic carbocycles. The van der Waals surface area contributed by atoms with Crippen molar-refractivity contribution in [3.8, 4) is 0 Å². The largest absolute Gasteiger partial charge is 0.0914 e.